The van der Waals surface area contributed by atoms with Crippen LogP contribution in [0.5, 0.6) is 5.75 Å². The number of rotatable bonds is 4. The van der Waals surface area contributed by atoms with E-state index in [-0.39, 0.29) is 17.5 Å². The zero-order valence-electron chi connectivity index (χ0n) is 14.0. The van der Waals surface area contributed by atoms with Crippen LogP contribution in [-0.4, -0.2) is 31.6 Å². The fraction of sp³-hybridized carbons (Fsp3) is 0.263. The Labute approximate surface area is 145 Å². The van der Waals surface area contributed by atoms with Gasteiger partial charge in [-0.1, -0.05) is 18.2 Å². The van der Waals surface area contributed by atoms with Crippen LogP contribution in [-0.2, 0) is 16.0 Å². The Bertz CT molecular complexity index is 821. The number of amides is 1. The Morgan fingerprint density at radius 2 is 2.00 bits per heavy atom. The maximum atomic E-state index is 13.9. The Kier molecular flexibility index (Phi) is 4.70. The van der Waals surface area contributed by atoms with Crippen LogP contribution in [0.15, 0.2) is 42.5 Å². The molecule has 0 spiro atoms. The molecule has 0 saturated carbocycles. The minimum absolute atomic E-state index is 0.0127. The molecule has 5 nitrogen and oxygen atoms in total. The van der Waals surface area contributed by atoms with E-state index >= 15 is 0 Å². The first-order chi connectivity index (χ1) is 12.0. The van der Waals surface area contributed by atoms with Crippen LogP contribution in [0, 0.1) is 5.82 Å². The van der Waals surface area contributed by atoms with Gasteiger partial charge >= 0.3 is 5.97 Å². The second-order valence-electron chi connectivity index (χ2n) is 5.87. The van der Waals surface area contributed by atoms with Crippen molar-refractivity contribution in [3.8, 4) is 5.75 Å². The highest BCUT2D eigenvalue weighted by Gasteiger charge is 2.31. The lowest BCUT2D eigenvalue weighted by Crippen LogP contribution is -2.38. The summed E-state index contributed by atoms with van der Waals surface area (Å²) in [5.74, 6) is -1.67. The fourth-order valence-corrected chi connectivity index (χ4v) is 3.01. The van der Waals surface area contributed by atoms with Crippen LogP contribution in [0.4, 0.5) is 10.1 Å². The summed E-state index contributed by atoms with van der Waals surface area (Å²) < 4.78 is 23.8. The Hall–Kier alpha value is -2.89. The number of nitrogens with zero attached hydrogens (tertiary/aromatic N) is 1. The number of hydrogen-bond acceptors (Lipinski definition) is 4. The number of carbonyl (C=O) groups is 2. The topological polar surface area (TPSA) is 55.8 Å². The van der Waals surface area contributed by atoms with Crippen molar-refractivity contribution in [1.82, 2.24) is 0 Å². The minimum Gasteiger partial charge on any atom is -0.497 e. The molecule has 1 aliphatic rings. The summed E-state index contributed by atoms with van der Waals surface area (Å²) in [4.78, 5) is 26.1. The molecule has 25 heavy (non-hydrogen) atoms. The molecule has 0 fully saturated rings. The van der Waals surface area contributed by atoms with E-state index in [0.29, 0.717) is 5.75 Å². The summed E-state index contributed by atoms with van der Waals surface area (Å²) in [7, 11) is 1.40. The molecule has 1 atom stereocenters. The quantitative estimate of drug-likeness (QED) is 0.801. The number of benzene rings is 2. The van der Waals surface area contributed by atoms with Gasteiger partial charge in [0.15, 0.2) is 6.61 Å². The molecular weight excluding hydrogens is 325 g/mol. The van der Waals surface area contributed by atoms with Crippen LogP contribution in [0.1, 0.15) is 22.8 Å². The normalized spacial score (nSPS) is 15.6. The van der Waals surface area contributed by atoms with Gasteiger partial charge in [-0.25, -0.2) is 9.18 Å². The predicted molar refractivity (Wildman–Crippen MR) is 90.3 cm³/mol. The molecule has 0 unspecified atom stereocenters. The molecule has 0 aliphatic carbocycles. The molecule has 130 valence electrons. The smallest absolute Gasteiger partial charge is 0.341 e. The second kappa shape index (κ2) is 6.93. The number of anilines is 1. The first kappa shape index (κ1) is 17.0. The number of ether oxygens (including phenoxy) is 2. The summed E-state index contributed by atoms with van der Waals surface area (Å²) in [6, 6.07) is 11.4. The van der Waals surface area contributed by atoms with E-state index in [1.54, 1.807) is 4.90 Å². The number of hydrogen-bond donors (Lipinski definition) is 0. The average Bonchev–Trinajstić information content (AvgIpc) is 2.95. The average molecular weight is 343 g/mol. The molecule has 2 aromatic carbocycles. The molecule has 0 radical (unpaired) electrons. The van der Waals surface area contributed by atoms with E-state index in [1.165, 1.54) is 19.2 Å². The summed E-state index contributed by atoms with van der Waals surface area (Å²) in [5, 5.41) is 0. The highest BCUT2D eigenvalue weighted by atomic mass is 19.1. The van der Waals surface area contributed by atoms with E-state index in [2.05, 4.69) is 0 Å². The SMILES string of the molecule is COc1ccc(C(=O)OCC(=O)N2c3ccccc3C[C@H]2C)c(F)c1. The van der Waals surface area contributed by atoms with Gasteiger partial charge in [-0.05, 0) is 37.1 Å². The number of carbonyl (C=O) groups excluding carboxylic acids is 2. The number of fused-ring (bicyclic) bond motifs is 1. The summed E-state index contributed by atoms with van der Waals surface area (Å²) in [6.07, 6.45) is 0.753. The molecule has 3 rings (SSSR count). The van der Waals surface area contributed by atoms with Crippen molar-refractivity contribution in [1.29, 1.82) is 0 Å². The Balaban J connectivity index is 1.67. The standard InChI is InChI=1S/C19H18FNO4/c1-12-9-13-5-3-4-6-17(13)21(12)18(22)11-25-19(23)15-8-7-14(24-2)10-16(15)20/h3-8,10,12H,9,11H2,1-2H3/t12-/m1/s1. The van der Waals surface area contributed by atoms with E-state index in [9.17, 15) is 14.0 Å². The van der Waals surface area contributed by atoms with Crippen molar-refractivity contribution < 1.29 is 23.5 Å². The monoisotopic (exact) mass is 343 g/mol. The van der Waals surface area contributed by atoms with Crippen molar-refractivity contribution >= 4 is 17.6 Å². The van der Waals surface area contributed by atoms with Crippen molar-refractivity contribution in [2.45, 2.75) is 19.4 Å². The Morgan fingerprint density at radius 1 is 1.24 bits per heavy atom. The molecule has 6 heteroatoms. The van der Waals surface area contributed by atoms with Gasteiger partial charge in [0.05, 0.1) is 12.7 Å². The highest BCUT2D eigenvalue weighted by Crippen LogP contribution is 2.31. The molecule has 1 aliphatic heterocycles. The maximum absolute atomic E-state index is 13.9. The van der Waals surface area contributed by atoms with Crippen molar-refractivity contribution in [3.63, 3.8) is 0 Å². The summed E-state index contributed by atoms with van der Waals surface area (Å²) in [5.41, 5.74) is 1.67. The lowest BCUT2D eigenvalue weighted by atomic mass is 10.1. The fourth-order valence-electron chi connectivity index (χ4n) is 3.01. The van der Waals surface area contributed by atoms with Gasteiger partial charge < -0.3 is 14.4 Å². The predicted octanol–water partition coefficient (Wildman–Crippen LogP) is 2.97. The van der Waals surface area contributed by atoms with Gasteiger partial charge in [0.1, 0.15) is 11.6 Å². The number of halogens is 1. The molecule has 2 aromatic rings. The molecule has 0 N–H and O–H groups in total. The number of methoxy groups -OCH3 is 1. The number of para-hydroxylation sites is 1. The van der Waals surface area contributed by atoms with Crippen molar-refractivity contribution in [2.75, 3.05) is 18.6 Å². The highest BCUT2D eigenvalue weighted by molar-refractivity contribution is 5.99. The summed E-state index contributed by atoms with van der Waals surface area (Å²) >= 11 is 0. The van der Waals surface area contributed by atoms with Crippen LogP contribution < -0.4 is 9.64 Å². The molecule has 1 amide bonds. The van der Waals surface area contributed by atoms with Gasteiger partial charge in [-0.2, -0.15) is 0 Å². The second-order valence-corrected chi connectivity index (χ2v) is 5.87. The van der Waals surface area contributed by atoms with Gasteiger partial charge in [-0.3, -0.25) is 4.79 Å². The van der Waals surface area contributed by atoms with E-state index in [0.717, 1.165) is 23.7 Å². The molecule has 0 saturated heterocycles. The maximum Gasteiger partial charge on any atom is 0.341 e. The van der Waals surface area contributed by atoms with Gasteiger partial charge in [0, 0.05) is 17.8 Å². The van der Waals surface area contributed by atoms with Crippen molar-refractivity contribution in [2.24, 2.45) is 0 Å². The van der Waals surface area contributed by atoms with E-state index in [4.69, 9.17) is 9.47 Å². The zero-order valence-corrected chi connectivity index (χ0v) is 14.0. The minimum atomic E-state index is -0.881. The van der Waals surface area contributed by atoms with E-state index in [1.807, 2.05) is 31.2 Å². The third-order valence-corrected chi connectivity index (χ3v) is 4.20. The molecule has 0 bridgehead atoms. The third-order valence-electron chi connectivity index (χ3n) is 4.20. The van der Waals surface area contributed by atoms with Gasteiger partial charge in [0.25, 0.3) is 5.91 Å². The van der Waals surface area contributed by atoms with Crippen LogP contribution in [0.2, 0.25) is 0 Å². The number of esters is 1. The van der Waals surface area contributed by atoms with Crippen LogP contribution in [0.3, 0.4) is 0 Å². The lowest BCUT2D eigenvalue weighted by Gasteiger charge is -2.22. The molecular formula is C19H18FNO4. The Morgan fingerprint density at radius 3 is 2.72 bits per heavy atom. The largest absolute Gasteiger partial charge is 0.497 e. The zero-order chi connectivity index (χ0) is 18.0. The van der Waals surface area contributed by atoms with Gasteiger partial charge in [0.2, 0.25) is 0 Å². The first-order valence-corrected chi connectivity index (χ1v) is 7.92. The van der Waals surface area contributed by atoms with E-state index < -0.39 is 18.4 Å². The third kappa shape index (κ3) is 3.33. The van der Waals surface area contributed by atoms with Gasteiger partial charge in [-0.15, -0.1) is 0 Å². The van der Waals surface area contributed by atoms with Crippen molar-refractivity contribution in [3.05, 3.63) is 59.4 Å². The molecule has 0 aromatic heterocycles. The van der Waals surface area contributed by atoms with Crippen LogP contribution >= 0.6 is 0 Å². The molecule has 1 heterocycles. The first-order valence-electron chi connectivity index (χ1n) is 7.92. The summed E-state index contributed by atoms with van der Waals surface area (Å²) in [6.45, 7) is 1.49. The lowest BCUT2D eigenvalue weighted by molar-refractivity contribution is -0.122. The van der Waals surface area contributed by atoms with Crippen LogP contribution in [0.25, 0.3) is 0 Å².